The van der Waals surface area contributed by atoms with Gasteiger partial charge in [-0.15, -0.1) is 0 Å². The number of nitrogens with zero attached hydrogens (tertiary/aromatic N) is 1. The number of sulfonamides is 1. The maximum absolute atomic E-state index is 12.5. The summed E-state index contributed by atoms with van der Waals surface area (Å²) in [4.78, 5) is 11.9. The average Bonchev–Trinajstić information content (AvgIpc) is 2.95. The molecule has 0 aliphatic heterocycles. The van der Waals surface area contributed by atoms with Crippen LogP contribution in [0.2, 0.25) is 5.02 Å². The molecule has 1 aromatic heterocycles. The summed E-state index contributed by atoms with van der Waals surface area (Å²) < 4.78 is 35.3. The summed E-state index contributed by atoms with van der Waals surface area (Å²) in [6, 6.07) is 10.0. The van der Waals surface area contributed by atoms with Gasteiger partial charge < -0.3 is 4.74 Å². The molecule has 3 rings (SSSR count). The topological polar surface area (TPSA) is 77.4 Å². The van der Waals surface area contributed by atoms with Crippen molar-refractivity contribution in [3.8, 4) is 5.75 Å². The Bertz CT molecular complexity index is 1140. The molecule has 3 aromatic rings. The van der Waals surface area contributed by atoms with E-state index < -0.39 is 10.0 Å². The van der Waals surface area contributed by atoms with Gasteiger partial charge in [0.1, 0.15) is 12.4 Å². The lowest BCUT2D eigenvalue weighted by atomic mass is 10.2. The summed E-state index contributed by atoms with van der Waals surface area (Å²) in [7, 11) is -3.69. The summed E-state index contributed by atoms with van der Waals surface area (Å²) >= 11 is 7.08. The van der Waals surface area contributed by atoms with Gasteiger partial charge in [-0.3, -0.25) is 9.36 Å². The van der Waals surface area contributed by atoms with Gasteiger partial charge in [0.25, 0.3) is 0 Å². The van der Waals surface area contributed by atoms with E-state index in [9.17, 15) is 13.2 Å². The minimum Gasteiger partial charge on any atom is -0.492 e. The third kappa shape index (κ3) is 4.35. The second-order valence-corrected chi connectivity index (χ2v) is 9.07. The van der Waals surface area contributed by atoms with Crippen LogP contribution in [-0.2, 0) is 16.6 Å². The van der Waals surface area contributed by atoms with Crippen molar-refractivity contribution in [3.05, 3.63) is 56.7 Å². The van der Waals surface area contributed by atoms with Crippen molar-refractivity contribution >= 4 is 43.2 Å². The first kappa shape index (κ1) is 19.9. The van der Waals surface area contributed by atoms with E-state index in [2.05, 4.69) is 4.72 Å². The van der Waals surface area contributed by atoms with Crippen molar-refractivity contribution in [1.82, 2.24) is 9.29 Å². The minimum atomic E-state index is -3.69. The Morgan fingerprint density at radius 1 is 1.22 bits per heavy atom. The molecule has 0 aliphatic carbocycles. The Morgan fingerprint density at radius 3 is 2.70 bits per heavy atom. The van der Waals surface area contributed by atoms with E-state index >= 15 is 0 Å². The highest BCUT2D eigenvalue weighted by atomic mass is 35.5. The normalized spacial score (nSPS) is 11.8. The van der Waals surface area contributed by atoms with Crippen LogP contribution in [0.25, 0.3) is 10.2 Å². The standard InChI is InChI=1S/C18H19ClN2O4S2/c1-3-21-16-7-6-14(11-17(16)26-18(21)22)27(23,24)20-8-9-25-13-5-4-12(2)15(19)10-13/h4-7,10-11,20H,3,8-9H2,1-2H3. The number of rotatable bonds is 7. The van der Waals surface area contributed by atoms with Crippen LogP contribution in [0.3, 0.4) is 0 Å². The molecule has 1 heterocycles. The Morgan fingerprint density at radius 2 is 2.00 bits per heavy atom. The Hall–Kier alpha value is -1.87. The van der Waals surface area contributed by atoms with Gasteiger partial charge >= 0.3 is 4.87 Å². The first-order chi connectivity index (χ1) is 12.8. The zero-order valence-electron chi connectivity index (χ0n) is 14.9. The first-order valence-electron chi connectivity index (χ1n) is 8.34. The Balaban J connectivity index is 1.66. The molecular formula is C18H19ClN2O4S2. The van der Waals surface area contributed by atoms with Crippen LogP contribution < -0.4 is 14.3 Å². The van der Waals surface area contributed by atoms with Gasteiger partial charge in [-0.25, -0.2) is 13.1 Å². The molecule has 1 N–H and O–H groups in total. The average molecular weight is 427 g/mol. The predicted molar refractivity (Wildman–Crippen MR) is 109 cm³/mol. The molecule has 0 aliphatic rings. The maximum Gasteiger partial charge on any atom is 0.308 e. The number of aromatic nitrogens is 1. The number of hydrogen-bond donors (Lipinski definition) is 1. The quantitative estimate of drug-likeness (QED) is 0.587. The molecular weight excluding hydrogens is 408 g/mol. The summed E-state index contributed by atoms with van der Waals surface area (Å²) in [5.41, 5.74) is 1.69. The number of hydrogen-bond acceptors (Lipinski definition) is 5. The molecule has 0 spiro atoms. The molecule has 144 valence electrons. The van der Waals surface area contributed by atoms with E-state index in [4.69, 9.17) is 16.3 Å². The second-order valence-electron chi connectivity index (χ2n) is 5.90. The molecule has 0 atom stereocenters. The highest BCUT2D eigenvalue weighted by Gasteiger charge is 2.16. The molecule has 0 amide bonds. The predicted octanol–water partition coefficient (Wildman–Crippen LogP) is 3.40. The largest absolute Gasteiger partial charge is 0.492 e. The fourth-order valence-corrected chi connectivity index (χ4v) is 4.88. The van der Waals surface area contributed by atoms with Crippen LogP contribution in [0.1, 0.15) is 12.5 Å². The van der Waals surface area contributed by atoms with Gasteiger partial charge in [0.05, 0.1) is 15.1 Å². The molecule has 0 saturated heterocycles. The van der Waals surface area contributed by atoms with Crippen LogP contribution in [0.5, 0.6) is 5.75 Å². The smallest absolute Gasteiger partial charge is 0.308 e. The first-order valence-corrected chi connectivity index (χ1v) is 11.0. The van der Waals surface area contributed by atoms with E-state index in [1.54, 1.807) is 22.8 Å². The van der Waals surface area contributed by atoms with E-state index in [-0.39, 0.29) is 22.9 Å². The number of halogens is 1. The zero-order chi connectivity index (χ0) is 19.6. The van der Waals surface area contributed by atoms with E-state index in [1.807, 2.05) is 19.9 Å². The minimum absolute atomic E-state index is 0.0971. The van der Waals surface area contributed by atoms with E-state index in [0.717, 1.165) is 22.4 Å². The second kappa shape index (κ2) is 8.02. The van der Waals surface area contributed by atoms with Gasteiger partial charge in [0.2, 0.25) is 10.0 Å². The number of fused-ring (bicyclic) bond motifs is 1. The fourth-order valence-electron chi connectivity index (χ4n) is 2.60. The SMILES string of the molecule is CCn1c(=O)sc2cc(S(=O)(=O)NCCOc3ccc(C)c(Cl)c3)ccc21. The lowest BCUT2D eigenvalue weighted by molar-refractivity contribution is 0.323. The van der Waals surface area contributed by atoms with E-state index in [1.165, 1.54) is 12.1 Å². The number of nitrogens with one attached hydrogen (secondary N) is 1. The Labute approximate surface area is 166 Å². The molecule has 0 fully saturated rings. The molecule has 0 unspecified atom stereocenters. The van der Waals surface area contributed by atoms with Crippen LogP contribution in [0, 0.1) is 6.92 Å². The van der Waals surface area contributed by atoms with Gasteiger partial charge in [0.15, 0.2) is 0 Å². The van der Waals surface area contributed by atoms with Crippen molar-refractivity contribution in [2.75, 3.05) is 13.2 Å². The lowest BCUT2D eigenvalue weighted by Gasteiger charge is -2.10. The van der Waals surface area contributed by atoms with Crippen molar-refractivity contribution in [2.24, 2.45) is 0 Å². The van der Waals surface area contributed by atoms with Crippen LogP contribution in [-0.4, -0.2) is 26.1 Å². The third-order valence-electron chi connectivity index (χ3n) is 4.07. The van der Waals surface area contributed by atoms with Crippen LogP contribution >= 0.6 is 22.9 Å². The van der Waals surface area contributed by atoms with E-state index in [0.29, 0.717) is 22.0 Å². The Kier molecular flexibility index (Phi) is 5.90. The molecule has 0 bridgehead atoms. The van der Waals surface area contributed by atoms with Gasteiger partial charge in [-0.05, 0) is 49.7 Å². The van der Waals surface area contributed by atoms with Crippen molar-refractivity contribution in [1.29, 1.82) is 0 Å². The number of aryl methyl sites for hydroxylation is 2. The summed E-state index contributed by atoms with van der Waals surface area (Å²) in [5.74, 6) is 0.580. The van der Waals surface area contributed by atoms with Crippen molar-refractivity contribution in [3.63, 3.8) is 0 Å². The van der Waals surface area contributed by atoms with Crippen LogP contribution in [0.4, 0.5) is 0 Å². The molecule has 9 heteroatoms. The van der Waals surface area contributed by atoms with Crippen molar-refractivity contribution in [2.45, 2.75) is 25.3 Å². The van der Waals surface area contributed by atoms with Crippen molar-refractivity contribution < 1.29 is 13.2 Å². The van der Waals surface area contributed by atoms with Crippen LogP contribution in [0.15, 0.2) is 46.1 Å². The highest BCUT2D eigenvalue weighted by molar-refractivity contribution is 7.89. The highest BCUT2D eigenvalue weighted by Crippen LogP contribution is 2.22. The molecule has 27 heavy (non-hydrogen) atoms. The third-order valence-corrected chi connectivity index (χ3v) is 6.88. The molecule has 6 nitrogen and oxygen atoms in total. The summed E-state index contributed by atoms with van der Waals surface area (Å²) in [6.07, 6.45) is 0. The summed E-state index contributed by atoms with van der Waals surface area (Å²) in [5, 5.41) is 0.597. The van der Waals surface area contributed by atoms with Gasteiger partial charge in [0, 0.05) is 18.1 Å². The van der Waals surface area contributed by atoms with Gasteiger partial charge in [-0.2, -0.15) is 0 Å². The number of benzene rings is 2. The van der Waals surface area contributed by atoms with Gasteiger partial charge in [-0.1, -0.05) is 29.0 Å². The summed E-state index contributed by atoms with van der Waals surface area (Å²) in [6.45, 7) is 4.59. The fraction of sp³-hybridized carbons (Fsp3) is 0.278. The maximum atomic E-state index is 12.5. The monoisotopic (exact) mass is 426 g/mol. The lowest BCUT2D eigenvalue weighted by Crippen LogP contribution is -2.28. The molecule has 0 saturated carbocycles. The molecule has 2 aromatic carbocycles. The molecule has 0 radical (unpaired) electrons. The number of ether oxygens (including phenoxy) is 1. The zero-order valence-corrected chi connectivity index (χ0v) is 17.2. The number of thiazole rings is 1.